The highest BCUT2D eigenvalue weighted by atomic mass is 16.5. The maximum Gasteiger partial charge on any atom is 0.257 e. The summed E-state index contributed by atoms with van der Waals surface area (Å²) in [6.07, 6.45) is 1.58. The number of nitrogens with zero attached hydrogens (tertiary/aromatic N) is 1. The topological polar surface area (TPSA) is 69.6 Å². The highest BCUT2D eigenvalue weighted by molar-refractivity contribution is 6.04. The molecule has 0 saturated heterocycles. The third-order valence-electron chi connectivity index (χ3n) is 4.73. The molecule has 3 rings (SSSR count). The molecule has 1 amide bonds. The van der Waals surface area contributed by atoms with Crippen molar-refractivity contribution in [2.45, 2.75) is 20.4 Å². The molecule has 1 N–H and O–H groups in total. The largest absolute Gasteiger partial charge is 0.493 e. The lowest BCUT2D eigenvalue weighted by molar-refractivity contribution is 0.102. The minimum absolute atomic E-state index is 0.159. The third-order valence-corrected chi connectivity index (χ3v) is 4.73. The molecule has 0 saturated carbocycles. The van der Waals surface area contributed by atoms with Crippen molar-refractivity contribution in [2.24, 2.45) is 0 Å². The van der Waals surface area contributed by atoms with E-state index < -0.39 is 0 Å². The predicted molar refractivity (Wildman–Crippen MR) is 113 cm³/mol. The highest BCUT2D eigenvalue weighted by Gasteiger charge is 2.11. The molecule has 0 fully saturated rings. The molecule has 150 valence electrons. The Labute approximate surface area is 169 Å². The number of ether oxygens (including phenoxy) is 2. The Kier molecular flexibility index (Phi) is 6.02. The Bertz CT molecular complexity index is 1100. The minimum atomic E-state index is -0.313. The number of nitrogens with one attached hydrogen (secondary N) is 1. The number of methoxy groups -OCH3 is 2. The first-order valence-electron chi connectivity index (χ1n) is 9.21. The number of pyridine rings is 1. The molecule has 1 heterocycles. The van der Waals surface area contributed by atoms with Crippen molar-refractivity contribution in [3.8, 4) is 11.5 Å². The van der Waals surface area contributed by atoms with Crippen molar-refractivity contribution in [1.82, 2.24) is 4.57 Å². The van der Waals surface area contributed by atoms with Gasteiger partial charge in [-0.05, 0) is 43.2 Å². The van der Waals surface area contributed by atoms with Crippen LogP contribution < -0.4 is 20.3 Å². The fourth-order valence-electron chi connectivity index (χ4n) is 3.06. The van der Waals surface area contributed by atoms with Gasteiger partial charge in [-0.15, -0.1) is 0 Å². The van der Waals surface area contributed by atoms with Gasteiger partial charge >= 0.3 is 0 Å². The van der Waals surface area contributed by atoms with Gasteiger partial charge in [-0.2, -0.15) is 0 Å². The van der Waals surface area contributed by atoms with E-state index in [1.54, 1.807) is 36.1 Å². The van der Waals surface area contributed by atoms with Crippen LogP contribution in [0.4, 0.5) is 5.69 Å². The standard InChI is InChI=1S/C23H24N2O4/c1-15-5-6-16(2)18(11-15)14-25-13-17(7-10-22(25)26)23(27)24-19-8-9-20(28-3)21(12-19)29-4/h5-13H,14H2,1-4H3,(H,24,27). The summed E-state index contributed by atoms with van der Waals surface area (Å²) in [5.41, 5.74) is 4.08. The summed E-state index contributed by atoms with van der Waals surface area (Å²) in [4.78, 5) is 25.0. The van der Waals surface area contributed by atoms with E-state index >= 15 is 0 Å². The molecule has 0 bridgehead atoms. The van der Waals surface area contributed by atoms with Gasteiger partial charge in [0.25, 0.3) is 11.5 Å². The Morgan fingerprint density at radius 2 is 1.72 bits per heavy atom. The number of hydrogen-bond acceptors (Lipinski definition) is 4. The molecule has 2 aromatic carbocycles. The molecule has 0 spiro atoms. The van der Waals surface area contributed by atoms with Crippen LogP contribution in [0.3, 0.4) is 0 Å². The van der Waals surface area contributed by atoms with Crippen molar-refractivity contribution in [1.29, 1.82) is 0 Å². The van der Waals surface area contributed by atoms with Crippen LogP contribution in [-0.2, 0) is 6.54 Å². The number of carbonyl (C=O) groups excluding carboxylic acids is 1. The molecular weight excluding hydrogens is 368 g/mol. The monoisotopic (exact) mass is 392 g/mol. The van der Waals surface area contributed by atoms with Crippen molar-refractivity contribution in [3.63, 3.8) is 0 Å². The smallest absolute Gasteiger partial charge is 0.257 e. The van der Waals surface area contributed by atoms with Crippen LogP contribution in [0.1, 0.15) is 27.0 Å². The molecule has 0 radical (unpaired) electrons. The average molecular weight is 392 g/mol. The molecule has 0 aliphatic carbocycles. The second kappa shape index (κ2) is 8.65. The number of aromatic nitrogens is 1. The van der Waals surface area contributed by atoms with E-state index in [-0.39, 0.29) is 11.5 Å². The van der Waals surface area contributed by atoms with E-state index in [2.05, 4.69) is 11.4 Å². The normalized spacial score (nSPS) is 10.5. The van der Waals surface area contributed by atoms with Crippen LogP contribution >= 0.6 is 0 Å². The lowest BCUT2D eigenvalue weighted by atomic mass is 10.1. The summed E-state index contributed by atoms with van der Waals surface area (Å²) in [5, 5.41) is 2.83. The first-order chi connectivity index (χ1) is 13.9. The summed E-state index contributed by atoms with van der Waals surface area (Å²) in [6, 6.07) is 14.2. The predicted octanol–water partition coefficient (Wildman–Crippen LogP) is 3.78. The van der Waals surface area contributed by atoms with Crippen LogP contribution in [0.2, 0.25) is 0 Å². The van der Waals surface area contributed by atoms with Gasteiger partial charge in [-0.25, -0.2) is 0 Å². The maximum atomic E-state index is 12.7. The summed E-state index contributed by atoms with van der Waals surface area (Å²) >= 11 is 0. The number of benzene rings is 2. The number of hydrogen-bond donors (Lipinski definition) is 1. The molecule has 0 aliphatic heterocycles. The van der Waals surface area contributed by atoms with Crippen LogP contribution in [0, 0.1) is 13.8 Å². The number of amides is 1. The zero-order chi connectivity index (χ0) is 21.0. The first kappa shape index (κ1) is 20.2. The van der Waals surface area contributed by atoms with Gasteiger partial charge in [0.2, 0.25) is 0 Å². The molecule has 29 heavy (non-hydrogen) atoms. The van der Waals surface area contributed by atoms with Crippen LogP contribution in [0.15, 0.2) is 59.5 Å². The molecule has 0 aliphatic rings. The number of carbonyl (C=O) groups is 1. The van der Waals surface area contributed by atoms with Crippen molar-refractivity contribution >= 4 is 11.6 Å². The molecule has 6 nitrogen and oxygen atoms in total. The first-order valence-corrected chi connectivity index (χ1v) is 9.21. The fourth-order valence-corrected chi connectivity index (χ4v) is 3.06. The van der Waals surface area contributed by atoms with E-state index in [1.807, 2.05) is 26.0 Å². The van der Waals surface area contributed by atoms with E-state index in [0.717, 1.165) is 16.7 Å². The van der Waals surface area contributed by atoms with Crippen molar-refractivity contribution in [2.75, 3.05) is 19.5 Å². The zero-order valence-electron chi connectivity index (χ0n) is 17.0. The second-order valence-electron chi connectivity index (χ2n) is 6.84. The third kappa shape index (κ3) is 4.66. The number of rotatable bonds is 6. The van der Waals surface area contributed by atoms with E-state index in [1.165, 1.54) is 19.2 Å². The van der Waals surface area contributed by atoms with Gasteiger partial charge < -0.3 is 19.4 Å². The zero-order valence-corrected chi connectivity index (χ0v) is 17.0. The average Bonchev–Trinajstić information content (AvgIpc) is 2.72. The van der Waals surface area contributed by atoms with Crippen molar-refractivity contribution in [3.05, 3.63) is 87.3 Å². The van der Waals surface area contributed by atoms with Gasteiger partial charge in [0, 0.05) is 24.0 Å². The Hall–Kier alpha value is -3.54. The fraction of sp³-hybridized carbons (Fsp3) is 0.217. The Morgan fingerprint density at radius 3 is 2.45 bits per heavy atom. The summed E-state index contributed by atoms with van der Waals surface area (Å²) in [5.74, 6) is 0.782. The van der Waals surface area contributed by atoms with E-state index in [0.29, 0.717) is 29.3 Å². The highest BCUT2D eigenvalue weighted by Crippen LogP contribution is 2.29. The molecule has 6 heteroatoms. The van der Waals surface area contributed by atoms with Crippen LogP contribution in [-0.4, -0.2) is 24.7 Å². The minimum Gasteiger partial charge on any atom is -0.493 e. The van der Waals surface area contributed by atoms with E-state index in [9.17, 15) is 9.59 Å². The second-order valence-corrected chi connectivity index (χ2v) is 6.84. The lowest BCUT2D eigenvalue weighted by Crippen LogP contribution is -2.23. The number of anilines is 1. The molecule has 3 aromatic rings. The molecule has 1 aromatic heterocycles. The summed E-state index contributed by atoms with van der Waals surface area (Å²) in [7, 11) is 3.09. The lowest BCUT2D eigenvalue weighted by Gasteiger charge is -2.13. The van der Waals surface area contributed by atoms with Gasteiger partial charge in [-0.3, -0.25) is 9.59 Å². The van der Waals surface area contributed by atoms with Gasteiger partial charge in [0.05, 0.1) is 26.3 Å². The quantitative estimate of drug-likeness (QED) is 0.693. The van der Waals surface area contributed by atoms with Crippen LogP contribution in [0.25, 0.3) is 0 Å². The van der Waals surface area contributed by atoms with Crippen molar-refractivity contribution < 1.29 is 14.3 Å². The van der Waals surface area contributed by atoms with Gasteiger partial charge in [0.15, 0.2) is 11.5 Å². The van der Waals surface area contributed by atoms with E-state index in [4.69, 9.17) is 9.47 Å². The molecule has 0 atom stereocenters. The number of aryl methyl sites for hydroxylation is 2. The van der Waals surface area contributed by atoms with Gasteiger partial charge in [-0.1, -0.05) is 23.8 Å². The Morgan fingerprint density at radius 1 is 0.966 bits per heavy atom. The van der Waals surface area contributed by atoms with Crippen LogP contribution in [0.5, 0.6) is 11.5 Å². The van der Waals surface area contributed by atoms with Gasteiger partial charge in [0.1, 0.15) is 0 Å². The Balaban J connectivity index is 1.84. The summed E-state index contributed by atoms with van der Waals surface area (Å²) < 4.78 is 12.0. The molecule has 0 unspecified atom stereocenters. The maximum absolute atomic E-state index is 12.7. The SMILES string of the molecule is COc1ccc(NC(=O)c2ccc(=O)n(Cc3cc(C)ccc3C)c2)cc1OC. The summed E-state index contributed by atoms with van der Waals surface area (Å²) in [6.45, 7) is 4.43. The molecular formula is C23H24N2O4.